The molecule has 0 aliphatic heterocycles. The number of hydrogen-bond acceptors (Lipinski definition) is 3. The average molecular weight is 258 g/mol. The van der Waals surface area contributed by atoms with Crippen LogP contribution in [0.2, 0.25) is 0 Å². The molecule has 0 aliphatic carbocycles. The van der Waals surface area contributed by atoms with Gasteiger partial charge in [0.15, 0.2) is 0 Å². The Balaban J connectivity index is 2.49. The predicted molar refractivity (Wildman–Crippen MR) is 78.6 cm³/mol. The third-order valence-corrected chi connectivity index (χ3v) is 3.93. The normalized spacial score (nSPS) is 12.4. The van der Waals surface area contributed by atoms with Gasteiger partial charge in [0.2, 0.25) is 0 Å². The van der Waals surface area contributed by atoms with Crippen LogP contribution in [0.5, 0.6) is 0 Å². The van der Waals surface area contributed by atoms with E-state index in [-0.39, 0.29) is 6.04 Å². The Morgan fingerprint density at radius 1 is 1.00 bits per heavy atom. The summed E-state index contributed by atoms with van der Waals surface area (Å²) in [4.78, 5) is 1.25. The van der Waals surface area contributed by atoms with Gasteiger partial charge in [-0.25, -0.2) is 5.43 Å². The Labute approximate surface area is 113 Å². The molecule has 0 aliphatic rings. The van der Waals surface area contributed by atoms with Crippen molar-refractivity contribution >= 4 is 11.8 Å². The van der Waals surface area contributed by atoms with Crippen LogP contribution >= 0.6 is 11.8 Å². The van der Waals surface area contributed by atoms with Crippen molar-refractivity contribution in [1.29, 1.82) is 0 Å². The second-order valence-electron chi connectivity index (χ2n) is 4.20. The highest BCUT2D eigenvalue weighted by Gasteiger charge is 2.16. The molecule has 94 valence electrons. The van der Waals surface area contributed by atoms with Crippen LogP contribution in [-0.2, 0) is 0 Å². The van der Waals surface area contributed by atoms with Gasteiger partial charge in [0.1, 0.15) is 0 Å². The highest BCUT2D eigenvalue weighted by atomic mass is 32.2. The average Bonchev–Trinajstić information content (AvgIpc) is 2.42. The minimum atomic E-state index is 0.0369. The molecule has 2 aromatic rings. The van der Waals surface area contributed by atoms with Crippen molar-refractivity contribution in [3.8, 4) is 0 Å². The number of hydrazine groups is 1. The SMILES string of the molecule is CSc1ccccc1C(NN)c1ccccc1C. The van der Waals surface area contributed by atoms with Gasteiger partial charge in [-0.3, -0.25) is 5.84 Å². The summed E-state index contributed by atoms with van der Waals surface area (Å²) in [7, 11) is 0. The van der Waals surface area contributed by atoms with Crippen molar-refractivity contribution < 1.29 is 0 Å². The molecule has 0 aromatic heterocycles. The van der Waals surface area contributed by atoms with E-state index in [4.69, 9.17) is 5.84 Å². The van der Waals surface area contributed by atoms with Crippen LogP contribution in [0.1, 0.15) is 22.7 Å². The smallest absolute Gasteiger partial charge is 0.0723 e. The molecule has 0 spiro atoms. The first-order chi connectivity index (χ1) is 8.77. The Morgan fingerprint density at radius 3 is 2.22 bits per heavy atom. The number of nitrogens with one attached hydrogen (secondary N) is 1. The van der Waals surface area contributed by atoms with E-state index in [2.05, 4.69) is 55.0 Å². The van der Waals surface area contributed by atoms with Crippen molar-refractivity contribution in [2.24, 2.45) is 5.84 Å². The minimum Gasteiger partial charge on any atom is -0.271 e. The highest BCUT2D eigenvalue weighted by Crippen LogP contribution is 2.30. The van der Waals surface area contributed by atoms with E-state index >= 15 is 0 Å². The molecule has 2 aromatic carbocycles. The second kappa shape index (κ2) is 6.05. The van der Waals surface area contributed by atoms with Crippen LogP contribution in [0.25, 0.3) is 0 Å². The second-order valence-corrected chi connectivity index (χ2v) is 5.05. The predicted octanol–water partition coefficient (Wildman–Crippen LogP) is 3.27. The monoisotopic (exact) mass is 258 g/mol. The summed E-state index contributed by atoms with van der Waals surface area (Å²) in [5, 5.41) is 0. The Morgan fingerprint density at radius 2 is 1.61 bits per heavy atom. The Kier molecular flexibility index (Phi) is 4.42. The van der Waals surface area contributed by atoms with E-state index in [0.717, 1.165) is 0 Å². The quantitative estimate of drug-likeness (QED) is 0.502. The fourth-order valence-electron chi connectivity index (χ4n) is 2.16. The van der Waals surface area contributed by atoms with Crippen LogP contribution in [0.4, 0.5) is 0 Å². The Bertz CT molecular complexity index is 525. The van der Waals surface area contributed by atoms with Crippen molar-refractivity contribution in [1.82, 2.24) is 5.43 Å². The van der Waals surface area contributed by atoms with Gasteiger partial charge in [0.05, 0.1) is 6.04 Å². The number of thioether (sulfide) groups is 1. The first-order valence-electron chi connectivity index (χ1n) is 5.92. The van der Waals surface area contributed by atoms with Crippen LogP contribution in [0.3, 0.4) is 0 Å². The van der Waals surface area contributed by atoms with E-state index in [9.17, 15) is 0 Å². The maximum Gasteiger partial charge on any atom is 0.0723 e. The van der Waals surface area contributed by atoms with Gasteiger partial charge < -0.3 is 0 Å². The molecule has 0 fully saturated rings. The summed E-state index contributed by atoms with van der Waals surface area (Å²) in [6.45, 7) is 2.11. The molecule has 0 bridgehead atoms. The van der Waals surface area contributed by atoms with E-state index in [1.54, 1.807) is 11.8 Å². The van der Waals surface area contributed by atoms with E-state index in [0.29, 0.717) is 0 Å². The maximum absolute atomic E-state index is 5.77. The van der Waals surface area contributed by atoms with E-state index < -0.39 is 0 Å². The molecule has 0 saturated heterocycles. The summed E-state index contributed by atoms with van der Waals surface area (Å²) >= 11 is 1.74. The van der Waals surface area contributed by atoms with Gasteiger partial charge in [-0.2, -0.15) is 0 Å². The van der Waals surface area contributed by atoms with Crippen molar-refractivity contribution in [2.45, 2.75) is 17.9 Å². The molecule has 1 unspecified atom stereocenters. The summed E-state index contributed by atoms with van der Waals surface area (Å²) in [6, 6.07) is 16.7. The topological polar surface area (TPSA) is 38.0 Å². The molecule has 3 heteroatoms. The lowest BCUT2D eigenvalue weighted by atomic mass is 9.95. The number of benzene rings is 2. The molecule has 3 N–H and O–H groups in total. The third kappa shape index (κ3) is 2.58. The van der Waals surface area contributed by atoms with Gasteiger partial charge >= 0.3 is 0 Å². The zero-order valence-electron chi connectivity index (χ0n) is 10.7. The van der Waals surface area contributed by atoms with Crippen molar-refractivity contribution in [2.75, 3.05) is 6.26 Å². The van der Waals surface area contributed by atoms with Crippen molar-refractivity contribution in [3.05, 3.63) is 65.2 Å². The van der Waals surface area contributed by atoms with E-state index in [1.807, 2.05) is 12.1 Å². The molecule has 0 amide bonds. The minimum absolute atomic E-state index is 0.0369. The molecule has 2 nitrogen and oxygen atoms in total. The van der Waals surface area contributed by atoms with Gasteiger partial charge in [0, 0.05) is 4.90 Å². The summed E-state index contributed by atoms with van der Waals surface area (Å²) in [5.41, 5.74) is 6.63. The lowest BCUT2D eigenvalue weighted by Gasteiger charge is -2.21. The fraction of sp³-hybridized carbons (Fsp3) is 0.200. The van der Waals surface area contributed by atoms with Crippen LogP contribution in [0, 0.1) is 6.92 Å². The number of nitrogens with two attached hydrogens (primary N) is 1. The zero-order chi connectivity index (χ0) is 13.0. The van der Waals surface area contributed by atoms with E-state index in [1.165, 1.54) is 21.6 Å². The van der Waals surface area contributed by atoms with Crippen LogP contribution < -0.4 is 11.3 Å². The lowest BCUT2D eigenvalue weighted by molar-refractivity contribution is 0.625. The molecule has 1 atom stereocenters. The number of hydrogen-bond donors (Lipinski definition) is 2. The largest absolute Gasteiger partial charge is 0.271 e. The van der Waals surface area contributed by atoms with Gasteiger partial charge in [-0.1, -0.05) is 42.5 Å². The Hall–Kier alpha value is -1.29. The van der Waals surface area contributed by atoms with Crippen LogP contribution in [-0.4, -0.2) is 6.26 Å². The number of aryl methyl sites for hydroxylation is 1. The van der Waals surface area contributed by atoms with Gasteiger partial charge in [-0.15, -0.1) is 11.8 Å². The first-order valence-corrected chi connectivity index (χ1v) is 7.15. The zero-order valence-corrected chi connectivity index (χ0v) is 11.5. The lowest BCUT2D eigenvalue weighted by Crippen LogP contribution is -2.29. The van der Waals surface area contributed by atoms with Crippen LogP contribution in [0.15, 0.2) is 53.4 Å². The molecule has 0 radical (unpaired) electrons. The van der Waals surface area contributed by atoms with Gasteiger partial charge in [-0.05, 0) is 35.9 Å². The first kappa shape index (κ1) is 13.1. The molecule has 0 saturated carbocycles. The molecule has 2 rings (SSSR count). The molecule has 0 heterocycles. The molecular formula is C15H18N2S. The number of rotatable bonds is 4. The third-order valence-electron chi connectivity index (χ3n) is 3.12. The summed E-state index contributed by atoms with van der Waals surface area (Å²) < 4.78 is 0. The van der Waals surface area contributed by atoms with Crippen molar-refractivity contribution in [3.63, 3.8) is 0 Å². The fourth-order valence-corrected chi connectivity index (χ4v) is 2.80. The molecular weight excluding hydrogens is 240 g/mol. The van der Waals surface area contributed by atoms with Gasteiger partial charge in [0.25, 0.3) is 0 Å². The summed E-state index contributed by atoms with van der Waals surface area (Å²) in [6.07, 6.45) is 2.09. The summed E-state index contributed by atoms with van der Waals surface area (Å²) in [5.74, 6) is 5.77. The highest BCUT2D eigenvalue weighted by molar-refractivity contribution is 7.98. The molecule has 18 heavy (non-hydrogen) atoms. The standard InChI is InChI=1S/C15H18N2S/c1-11-7-3-4-8-12(11)15(17-16)13-9-5-6-10-14(13)18-2/h3-10,15,17H,16H2,1-2H3. The maximum atomic E-state index is 5.77.